The number of hydrogen-bond acceptors (Lipinski definition) is 6. The minimum atomic E-state index is -0.415. The second kappa shape index (κ2) is 9.24. The van der Waals surface area contributed by atoms with Crippen molar-refractivity contribution < 1.29 is 29.3 Å². The fraction of sp³-hybridized carbons (Fsp3) is 0.143. The Morgan fingerprint density at radius 1 is 0.815 bits per heavy atom. The minimum absolute atomic E-state index is 0.0798. The van der Waals surface area contributed by atoms with Crippen LogP contribution in [0.15, 0.2) is 48.6 Å². The van der Waals surface area contributed by atoms with Gasteiger partial charge in [0.2, 0.25) is 0 Å². The fourth-order valence-corrected chi connectivity index (χ4v) is 2.33. The summed E-state index contributed by atoms with van der Waals surface area (Å²) in [7, 11) is 2.86. The maximum atomic E-state index is 11.9. The van der Waals surface area contributed by atoms with Crippen LogP contribution in [0.2, 0.25) is 0 Å². The Morgan fingerprint density at radius 2 is 1.22 bits per heavy atom. The molecule has 2 N–H and O–H groups in total. The molecule has 0 saturated carbocycles. The predicted molar refractivity (Wildman–Crippen MR) is 102 cm³/mol. The van der Waals surface area contributed by atoms with Gasteiger partial charge in [-0.25, -0.2) is 0 Å². The van der Waals surface area contributed by atoms with Crippen LogP contribution in [-0.2, 0) is 9.59 Å². The number of ether oxygens (including phenoxy) is 2. The molecule has 27 heavy (non-hydrogen) atoms. The molecule has 0 amide bonds. The molecule has 0 fully saturated rings. The summed E-state index contributed by atoms with van der Waals surface area (Å²) in [6.45, 7) is 0. The molecule has 0 heterocycles. The molecular formula is C21H20O6. The van der Waals surface area contributed by atoms with Crippen LogP contribution in [-0.4, -0.2) is 36.0 Å². The van der Waals surface area contributed by atoms with Crippen LogP contribution in [0, 0.1) is 0 Å². The van der Waals surface area contributed by atoms with Crippen LogP contribution in [0.25, 0.3) is 12.2 Å². The zero-order chi connectivity index (χ0) is 19.8. The van der Waals surface area contributed by atoms with E-state index in [1.54, 1.807) is 36.4 Å². The van der Waals surface area contributed by atoms with E-state index >= 15 is 0 Å². The van der Waals surface area contributed by atoms with Gasteiger partial charge in [-0.1, -0.05) is 24.3 Å². The van der Waals surface area contributed by atoms with Crippen molar-refractivity contribution in [2.24, 2.45) is 0 Å². The van der Waals surface area contributed by atoms with E-state index in [0.717, 1.165) is 0 Å². The highest BCUT2D eigenvalue weighted by atomic mass is 16.5. The van der Waals surface area contributed by atoms with Gasteiger partial charge in [-0.2, -0.15) is 0 Å². The van der Waals surface area contributed by atoms with Crippen LogP contribution < -0.4 is 9.47 Å². The lowest BCUT2D eigenvalue weighted by atomic mass is 10.1. The molecule has 6 nitrogen and oxygen atoms in total. The fourth-order valence-electron chi connectivity index (χ4n) is 2.33. The number of rotatable bonds is 8. The van der Waals surface area contributed by atoms with Gasteiger partial charge in [0.15, 0.2) is 34.6 Å². The van der Waals surface area contributed by atoms with Crippen molar-refractivity contribution in [3.63, 3.8) is 0 Å². The number of phenols is 2. The van der Waals surface area contributed by atoms with Crippen molar-refractivity contribution in [1.82, 2.24) is 0 Å². The van der Waals surface area contributed by atoms with E-state index in [1.165, 1.54) is 38.5 Å². The molecule has 0 bridgehead atoms. The van der Waals surface area contributed by atoms with E-state index in [1.807, 2.05) is 0 Å². The van der Waals surface area contributed by atoms with Crippen molar-refractivity contribution in [2.45, 2.75) is 6.42 Å². The third-order valence-electron chi connectivity index (χ3n) is 3.75. The number of allylic oxidation sites excluding steroid dienone is 2. The number of para-hydroxylation sites is 2. The van der Waals surface area contributed by atoms with Gasteiger partial charge in [0, 0.05) is 11.1 Å². The average Bonchev–Trinajstić information content (AvgIpc) is 2.66. The van der Waals surface area contributed by atoms with E-state index in [4.69, 9.17) is 9.47 Å². The second-order valence-electron chi connectivity index (χ2n) is 5.57. The molecule has 2 rings (SSSR count). The third kappa shape index (κ3) is 5.22. The molecule has 0 radical (unpaired) electrons. The van der Waals surface area contributed by atoms with Crippen LogP contribution >= 0.6 is 0 Å². The Morgan fingerprint density at radius 3 is 1.59 bits per heavy atom. The van der Waals surface area contributed by atoms with E-state index < -0.39 is 11.6 Å². The lowest BCUT2D eigenvalue weighted by Gasteiger charge is -2.05. The first-order valence-corrected chi connectivity index (χ1v) is 8.10. The van der Waals surface area contributed by atoms with E-state index in [-0.39, 0.29) is 17.9 Å². The first kappa shape index (κ1) is 19.8. The molecule has 6 heteroatoms. The van der Waals surface area contributed by atoms with Crippen molar-refractivity contribution in [1.29, 1.82) is 0 Å². The molecule has 140 valence electrons. The monoisotopic (exact) mass is 368 g/mol. The third-order valence-corrected chi connectivity index (χ3v) is 3.75. The minimum Gasteiger partial charge on any atom is -0.504 e. The average molecular weight is 368 g/mol. The van der Waals surface area contributed by atoms with Crippen LogP contribution in [0.4, 0.5) is 0 Å². The summed E-state index contributed by atoms with van der Waals surface area (Å²) in [5, 5.41) is 19.9. The predicted octanol–water partition coefficient (Wildman–Crippen LogP) is 3.37. The SMILES string of the molecule is COc1cccc(C=CC(=O)CC(=O)C=Cc2cccc(OC)c2O)c1O. The van der Waals surface area contributed by atoms with Gasteiger partial charge in [0.05, 0.1) is 20.6 Å². The number of methoxy groups -OCH3 is 2. The summed E-state index contributed by atoms with van der Waals surface area (Å²) < 4.78 is 9.99. The normalized spacial score (nSPS) is 11.0. The number of ketones is 2. The zero-order valence-electron chi connectivity index (χ0n) is 15.0. The highest BCUT2D eigenvalue weighted by Gasteiger charge is 2.08. The number of carbonyl (C=O) groups is 2. The van der Waals surface area contributed by atoms with Gasteiger partial charge in [0.1, 0.15) is 0 Å². The largest absolute Gasteiger partial charge is 0.504 e. The molecule has 0 aromatic heterocycles. The van der Waals surface area contributed by atoms with E-state index in [0.29, 0.717) is 22.6 Å². The topological polar surface area (TPSA) is 93.1 Å². The summed E-state index contributed by atoms with van der Waals surface area (Å²) in [6, 6.07) is 9.78. The van der Waals surface area contributed by atoms with Crippen molar-refractivity contribution in [2.75, 3.05) is 14.2 Å². The standard InChI is InChI=1S/C21H20O6/c1-26-18-7-3-5-14(20(18)24)9-11-16(22)13-17(23)12-10-15-6-4-8-19(27-2)21(15)25/h3-12,24-25H,13H2,1-2H3. The van der Waals surface area contributed by atoms with Crippen molar-refractivity contribution >= 4 is 23.7 Å². The smallest absolute Gasteiger partial charge is 0.165 e. The summed E-state index contributed by atoms with van der Waals surface area (Å²) in [5.41, 5.74) is 0.819. The van der Waals surface area contributed by atoms with Crippen LogP contribution in [0.5, 0.6) is 23.0 Å². The summed E-state index contributed by atoms with van der Waals surface area (Å²) >= 11 is 0. The number of hydrogen-bond donors (Lipinski definition) is 2. The quantitative estimate of drug-likeness (QED) is 0.548. The van der Waals surface area contributed by atoms with Crippen LogP contribution in [0.1, 0.15) is 17.5 Å². The molecular weight excluding hydrogens is 348 g/mol. The molecule has 0 atom stereocenters. The Hall–Kier alpha value is -3.54. The lowest BCUT2D eigenvalue weighted by Crippen LogP contribution is -2.02. The Kier molecular flexibility index (Phi) is 6.77. The number of benzene rings is 2. The molecule has 0 aliphatic heterocycles. The van der Waals surface area contributed by atoms with Gasteiger partial charge in [0.25, 0.3) is 0 Å². The van der Waals surface area contributed by atoms with Gasteiger partial charge in [-0.15, -0.1) is 0 Å². The van der Waals surface area contributed by atoms with Gasteiger partial charge < -0.3 is 19.7 Å². The van der Waals surface area contributed by atoms with Crippen LogP contribution in [0.3, 0.4) is 0 Å². The summed E-state index contributed by atoms with van der Waals surface area (Å²) in [4.78, 5) is 23.9. The second-order valence-corrected chi connectivity index (χ2v) is 5.57. The first-order chi connectivity index (χ1) is 13.0. The highest BCUT2D eigenvalue weighted by molar-refractivity contribution is 6.11. The maximum Gasteiger partial charge on any atom is 0.165 e. The van der Waals surface area contributed by atoms with Crippen molar-refractivity contribution in [3.8, 4) is 23.0 Å². The molecule has 0 aliphatic carbocycles. The number of carbonyl (C=O) groups excluding carboxylic acids is 2. The molecule has 0 saturated heterocycles. The van der Waals surface area contributed by atoms with Crippen molar-refractivity contribution in [3.05, 3.63) is 59.7 Å². The molecule has 2 aromatic carbocycles. The Balaban J connectivity index is 2.01. The Labute approximate surface area is 157 Å². The lowest BCUT2D eigenvalue weighted by molar-refractivity contribution is -0.121. The van der Waals surface area contributed by atoms with E-state index in [2.05, 4.69) is 0 Å². The van der Waals surface area contributed by atoms with Gasteiger partial charge in [-0.3, -0.25) is 9.59 Å². The van der Waals surface area contributed by atoms with E-state index in [9.17, 15) is 19.8 Å². The molecule has 2 aromatic rings. The molecule has 0 aliphatic rings. The van der Waals surface area contributed by atoms with Gasteiger partial charge in [-0.05, 0) is 36.4 Å². The maximum absolute atomic E-state index is 11.9. The molecule has 0 spiro atoms. The number of phenolic OH excluding ortho intramolecular Hbond substituents is 2. The Bertz CT molecular complexity index is 822. The zero-order valence-corrected chi connectivity index (χ0v) is 15.0. The van der Waals surface area contributed by atoms with Gasteiger partial charge >= 0.3 is 0 Å². The summed E-state index contributed by atoms with van der Waals surface area (Å²) in [5.74, 6) is -0.403. The number of aromatic hydroxyl groups is 2. The summed E-state index contributed by atoms with van der Waals surface area (Å²) in [6.07, 6.45) is 4.96. The highest BCUT2D eigenvalue weighted by Crippen LogP contribution is 2.31. The first-order valence-electron chi connectivity index (χ1n) is 8.10. The molecule has 0 unspecified atom stereocenters.